The number of thiophene rings is 1. The fourth-order valence-corrected chi connectivity index (χ4v) is 2.11. The van der Waals surface area contributed by atoms with E-state index in [9.17, 15) is 9.59 Å². The van der Waals surface area contributed by atoms with Crippen molar-refractivity contribution in [3.63, 3.8) is 0 Å². The predicted octanol–water partition coefficient (Wildman–Crippen LogP) is 2.83. The van der Waals surface area contributed by atoms with Crippen LogP contribution >= 0.6 is 11.3 Å². The maximum atomic E-state index is 11.4. The van der Waals surface area contributed by atoms with Gasteiger partial charge in [-0.3, -0.25) is 0 Å². The molecule has 1 aromatic rings. The molecule has 0 spiro atoms. The number of rotatable bonds is 6. The quantitative estimate of drug-likeness (QED) is 0.645. The predicted molar refractivity (Wildman–Crippen MR) is 80.0 cm³/mol. The van der Waals surface area contributed by atoms with E-state index in [0.717, 1.165) is 0 Å². The van der Waals surface area contributed by atoms with E-state index < -0.39 is 11.7 Å². The van der Waals surface area contributed by atoms with Crippen molar-refractivity contribution in [2.24, 2.45) is 0 Å². The van der Waals surface area contributed by atoms with Crippen LogP contribution in [0.4, 0.5) is 4.79 Å². The van der Waals surface area contributed by atoms with Gasteiger partial charge in [0, 0.05) is 18.0 Å². The molecule has 0 saturated heterocycles. The first-order chi connectivity index (χ1) is 9.81. The Morgan fingerprint density at radius 3 is 2.67 bits per heavy atom. The Morgan fingerprint density at radius 2 is 2.05 bits per heavy atom. The van der Waals surface area contributed by atoms with E-state index in [2.05, 4.69) is 10.1 Å². The van der Waals surface area contributed by atoms with E-state index in [1.165, 1.54) is 18.4 Å². The molecule has 0 unspecified atom stereocenters. The Balaban J connectivity index is 2.18. The average molecular weight is 315 g/mol. The summed E-state index contributed by atoms with van der Waals surface area (Å²) in [7, 11) is 1.34. The molecule has 1 N–H and O–H groups in total. The summed E-state index contributed by atoms with van der Waals surface area (Å²) in [5.41, 5.74) is -0.498. The third kappa shape index (κ3) is 6.99. The summed E-state index contributed by atoms with van der Waals surface area (Å²) in [6, 6.07) is 1.64. The number of carbonyl (C=O) groups excluding carboxylic acids is 2. The zero-order valence-electron chi connectivity index (χ0n) is 12.7. The Morgan fingerprint density at radius 1 is 1.33 bits per heavy atom. The molecule has 1 rings (SSSR count). The molecule has 0 radical (unpaired) electrons. The molecule has 6 nitrogen and oxygen atoms in total. The molecule has 0 fully saturated rings. The zero-order valence-corrected chi connectivity index (χ0v) is 13.5. The first-order valence-corrected chi connectivity index (χ1v) is 7.46. The Bertz CT molecular complexity index is 478. The fraction of sp³-hybridized carbons (Fsp3) is 0.571. The molecule has 21 heavy (non-hydrogen) atoms. The molecule has 0 saturated carbocycles. The van der Waals surface area contributed by atoms with Gasteiger partial charge in [0.05, 0.1) is 13.7 Å². The van der Waals surface area contributed by atoms with Gasteiger partial charge in [0.1, 0.15) is 16.2 Å². The van der Waals surface area contributed by atoms with E-state index in [4.69, 9.17) is 9.47 Å². The monoisotopic (exact) mass is 315 g/mol. The summed E-state index contributed by atoms with van der Waals surface area (Å²) in [5.74, 6) is 0.249. The lowest BCUT2D eigenvalue weighted by Crippen LogP contribution is -2.33. The maximum absolute atomic E-state index is 11.4. The van der Waals surface area contributed by atoms with Gasteiger partial charge in [-0.25, -0.2) is 9.59 Å². The second-order valence-electron chi connectivity index (χ2n) is 5.27. The van der Waals surface area contributed by atoms with Gasteiger partial charge in [-0.2, -0.15) is 0 Å². The van der Waals surface area contributed by atoms with Gasteiger partial charge >= 0.3 is 12.1 Å². The highest BCUT2D eigenvalue weighted by atomic mass is 32.1. The van der Waals surface area contributed by atoms with Crippen molar-refractivity contribution >= 4 is 23.4 Å². The van der Waals surface area contributed by atoms with Crippen molar-refractivity contribution in [2.45, 2.75) is 32.8 Å². The Kier molecular flexibility index (Phi) is 6.48. The molecule has 118 valence electrons. The largest absolute Gasteiger partial charge is 0.493 e. The van der Waals surface area contributed by atoms with Crippen molar-refractivity contribution < 1.29 is 23.8 Å². The lowest BCUT2D eigenvalue weighted by atomic mass is 10.2. The number of alkyl carbamates (subject to hydrolysis) is 1. The van der Waals surface area contributed by atoms with Crippen LogP contribution in [0.2, 0.25) is 0 Å². The van der Waals surface area contributed by atoms with Gasteiger partial charge in [0.2, 0.25) is 0 Å². The number of amides is 1. The van der Waals surface area contributed by atoms with Gasteiger partial charge in [0.25, 0.3) is 0 Å². The zero-order chi connectivity index (χ0) is 15.9. The number of methoxy groups -OCH3 is 1. The highest BCUT2D eigenvalue weighted by molar-refractivity contribution is 7.12. The van der Waals surface area contributed by atoms with Crippen LogP contribution in [-0.4, -0.2) is 37.9 Å². The molecule has 7 heteroatoms. The molecule has 0 aromatic carbocycles. The lowest BCUT2D eigenvalue weighted by Gasteiger charge is -2.19. The van der Waals surface area contributed by atoms with E-state index in [1.807, 2.05) is 20.8 Å². The van der Waals surface area contributed by atoms with Crippen molar-refractivity contribution in [1.29, 1.82) is 0 Å². The van der Waals surface area contributed by atoms with Crippen LogP contribution in [0.1, 0.15) is 36.9 Å². The molecule has 0 aliphatic carbocycles. The van der Waals surface area contributed by atoms with Crippen LogP contribution in [0, 0.1) is 0 Å². The summed E-state index contributed by atoms with van der Waals surface area (Å²) < 4.78 is 15.2. The molecular weight excluding hydrogens is 294 g/mol. The highest BCUT2D eigenvalue weighted by Gasteiger charge is 2.15. The summed E-state index contributed by atoms with van der Waals surface area (Å²) in [4.78, 5) is 23.1. The standard InChI is InChI=1S/C14H21NO5S/c1-14(2,3)20-13(17)15-6-5-7-19-10-8-11(21-9-10)12(16)18-4/h8-9H,5-7H2,1-4H3,(H,15,17). The number of hydrogen-bond donors (Lipinski definition) is 1. The van der Waals surface area contributed by atoms with Crippen molar-refractivity contribution in [2.75, 3.05) is 20.3 Å². The van der Waals surface area contributed by atoms with Gasteiger partial charge in [-0.05, 0) is 27.2 Å². The van der Waals surface area contributed by atoms with E-state index in [-0.39, 0.29) is 5.97 Å². The van der Waals surface area contributed by atoms with Crippen LogP contribution < -0.4 is 10.1 Å². The third-order valence-electron chi connectivity index (χ3n) is 2.22. The average Bonchev–Trinajstić information content (AvgIpc) is 2.84. The van der Waals surface area contributed by atoms with Crippen LogP contribution in [0.25, 0.3) is 0 Å². The molecule has 0 aliphatic rings. The number of hydrogen-bond acceptors (Lipinski definition) is 6. The summed E-state index contributed by atoms with van der Waals surface area (Å²) in [5, 5.41) is 4.39. The highest BCUT2D eigenvalue weighted by Crippen LogP contribution is 2.22. The first kappa shape index (κ1) is 17.3. The lowest BCUT2D eigenvalue weighted by molar-refractivity contribution is 0.0524. The topological polar surface area (TPSA) is 73.9 Å². The van der Waals surface area contributed by atoms with Gasteiger partial charge in [-0.1, -0.05) is 0 Å². The van der Waals surface area contributed by atoms with Crippen LogP contribution in [0.5, 0.6) is 5.75 Å². The van der Waals surface area contributed by atoms with Crippen molar-refractivity contribution in [3.05, 3.63) is 16.3 Å². The van der Waals surface area contributed by atoms with E-state index >= 15 is 0 Å². The number of esters is 1. The molecule has 0 bridgehead atoms. The minimum Gasteiger partial charge on any atom is -0.493 e. The Hall–Kier alpha value is -1.76. The van der Waals surface area contributed by atoms with Crippen LogP contribution in [0.3, 0.4) is 0 Å². The molecule has 0 atom stereocenters. The molecule has 1 aromatic heterocycles. The van der Waals surface area contributed by atoms with Crippen LogP contribution in [0.15, 0.2) is 11.4 Å². The molecule has 1 amide bonds. The molecular formula is C14H21NO5S. The SMILES string of the molecule is COC(=O)c1cc(OCCCNC(=O)OC(C)(C)C)cs1. The van der Waals surface area contributed by atoms with Gasteiger partial charge in [0.15, 0.2) is 0 Å². The van der Waals surface area contributed by atoms with Gasteiger partial charge < -0.3 is 19.5 Å². The van der Waals surface area contributed by atoms with E-state index in [1.54, 1.807) is 11.4 Å². The van der Waals surface area contributed by atoms with Gasteiger partial charge in [-0.15, -0.1) is 11.3 Å². The number of ether oxygens (including phenoxy) is 3. The summed E-state index contributed by atoms with van der Waals surface area (Å²) >= 11 is 1.27. The molecule has 1 heterocycles. The second-order valence-corrected chi connectivity index (χ2v) is 6.18. The van der Waals surface area contributed by atoms with Crippen LogP contribution in [-0.2, 0) is 9.47 Å². The first-order valence-electron chi connectivity index (χ1n) is 6.58. The maximum Gasteiger partial charge on any atom is 0.407 e. The van der Waals surface area contributed by atoms with E-state index in [0.29, 0.717) is 30.2 Å². The number of carbonyl (C=O) groups is 2. The van der Waals surface area contributed by atoms with Crippen molar-refractivity contribution in [1.82, 2.24) is 5.32 Å². The minimum atomic E-state index is -0.498. The smallest absolute Gasteiger partial charge is 0.407 e. The fourth-order valence-electron chi connectivity index (χ4n) is 1.37. The summed E-state index contributed by atoms with van der Waals surface area (Å²) in [6.07, 6.45) is 0.203. The second kappa shape index (κ2) is 7.87. The normalized spacial score (nSPS) is 10.9. The summed E-state index contributed by atoms with van der Waals surface area (Å²) in [6.45, 7) is 6.33. The third-order valence-corrected chi connectivity index (χ3v) is 3.11. The Labute approximate surface area is 128 Å². The van der Waals surface area contributed by atoms with Crippen molar-refractivity contribution in [3.8, 4) is 5.75 Å². The molecule has 0 aliphatic heterocycles. The minimum absolute atomic E-state index is 0.374. The number of nitrogens with one attached hydrogen (secondary N) is 1.